The predicted octanol–water partition coefficient (Wildman–Crippen LogP) is 3.49. The summed E-state index contributed by atoms with van der Waals surface area (Å²) in [6.45, 7) is 1.96. The van der Waals surface area contributed by atoms with Gasteiger partial charge in [-0.05, 0) is 31.2 Å². The number of benzene rings is 2. The Morgan fingerprint density at radius 1 is 1.05 bits per heavy atom. The highest BCUT2D eigenvalue weighted by Gasteiger charge is 2.17. The van der Waals surface area contributed by atoms with E-state index in [9.17, 15) is 0 Å². The maximum Gasteiger partial charge on any atom is 0.125 e. The molecule has 0 amide bonds. The van der Waals surface area contributed by atoms with Crippen LogP contribution in [-0.4, -0.2) is 21.3 Å². The average Bonchev–Trinajstić information content (AvgIpc) is 2.53. The van der Waals surface area contributed by atoms with E-state index in [4.69, 9.17) is 15.2 Å². The van der Waals surface area contributed by atoms with Crippen molar-refractivity contribution >= 4 is 11.4 Å². The Bertz CT molecular complexity index is 611. The standard InChI is InChI=1S/C17H22N2O2/c1-12(18)17-15(9-6-10-16(17)21-4)19(2)13-7-5-8-14(11-13)20-3/h5-12H,18H2,1-4H3. The summed E-state index contributed by atoms with van der Waals surface area (Å²) in [6.07, 6.45) is 0. The van der Waals surface area contributed by atoms with Crippen molar-refractivity contribution < 1.29 is 9.47 Å². The molecule has 112 valence electrons. The number of rotatable bonds is 5. The zero-order valence-electron chi connectivity index (χ0n) is 13.0. The number of nitrogens with two attached hydrogens (primary N) is 1. The van der Waals surface area contributed by atoms with E-state index in [0.717, 1.165) is 28.4 Å². The quantitative estimate of drug-likeness (QED) is 0.914. The van der Waals surface area contributed by atoms with Crippen LogP contribution in [0.5, 0.6) is 11.5 Å². The maximum absolute atomic E-state index is 6.13. The van der Waals surface area contributed by atoms with Gasteiger partial charge >= 0.3 is 0 Å². The van der Waals surface area contributed by atoms with Crippen LogP contribution < -0.4 is 20.1 Å². The number of anilines is 2. The van der Waals surface area contributed by atoms with Gasteiger partial charge in [0.15, 0.2) is 0 Å². The Balaban J connectivity index is 2.49. The van der Waals surface area contributed by atoms with Gasteiger partial charge in [0.25, 0.3) is 0 Å². The molecule has 0 aliphatic carbocycles. The van der Waals surface area contributed by atoms with Gasteiger partial charge in [-0.3, -0.25) is 0 Å². The molecule has 0 spiro atoms. The number of hydrogen-bond donors (Lipinski definition) is 1. The lowest BCUT2D eigenvalue weighted by Crippen LogP contribution is -2.16. The average molecular weight is 286 g/mol. The van der Waals surface area contributed by atoms with Gasteiger partial charge in [-0.25, -0.2) is 0 Å². The molecule has 2 aromatic rings. The molecule has 2 rings (SSSR count). The van der Waals surface area contributed by atoms with E-state index >= 15 is 0 Å². The third kappa shape index (κ3) is 3.11. The molecule has 0 heterocycles. The number of nitrogens with zero attached hydrogens (tertiary/aromatic N) is 1. The first-order chi connectivity index (χ1) is 10.1. The lowest BCUT2D eigenvalue weighted by Gasteiger charge is -2.25. The van der Waals surface area contributed by atoms with Gasteiger partial charge < -0.3 is 20.1 Å². The molecule has 1 atom stereocenters. The minimum absolute atomic E-state index is 0.121. The third-order valence-electron chi connectivity index (χ3n) is 3.52. The Kier molecular flexibility index (Phi) is 4.70. The molecule has 4 nitrogen and oxygen atoms in total. The second kappa shape index (κ2) is 6.50. The summed E-state index contributed by atoms with van der Waals surface area (Å²) in [5.41, 5.74) is 9.18. The van der Waals surface area contributed by atoms with Crippen molar-refractivity contribution in [2.24, 2.45) is 5.73 Å². The van der Waals surface area contributed by atoms with Crippen molar-refractivity contribution in [1.82, 2.24) is 0 Å². The van der Waals surface area contributed by atoms with Crippen molar-refractivity contribution in [2.75, 3.05) is 26.2 Å². The fourth-order valence-electron chi connectivity index (χ4n) is 2.42. The minimum atomic E-state index is -0.121. The van der Waals surface area contributed by atoms with E-state index < -0.39 is 0 Å². The van der Waals surface area contributed by atoms with Crippen LogP contribution in [0.25, 0.3) is 0 Å². The monoisotopic (exact) mass is 286 g/mol. The van der Waals surface area contributed by atoms with Crippen LogP contribution in [0.4, 0.5) is 11.4 Å². The SMILES string of the molecule is COc1cccc(N(C)c2cccc(OC)c2C(C)N)c1. The van der Waals surface area contributed by atoms with Crippen molar-refractivity contribution in [3.05, 3.63) is 48.0 Å². The molecule has 0 aliphatic rings. The Morgan fingerprint density at radius 2 is 1.76 bits per heavy atom. The summed E-state index contributed by atoms with van der Waals surface area (Å²) in [5.74, 6) is 1.63. The van der Waals surface area contributed by atoms with Crippen LogP contribution in [0.1, 0.15) is 18.5 Å². The molecule has 0 saturated heterocycles. The van der Waals surface area contributed by atoms with Crippen molar-refractivity contribution in [3.8, 4) is 11.5 Å². The van der Waals surface area contributed by atoms with Gasteiger partial charge in [0.2, 0.25) is 0 Å². The number of methoxy groups -OCH3 is 2. The first-order valence-corrected chi connectivity index (χ1v) is 6.88. The van der Waals surface area contributed by atoms with Gasteiger partial charge in [-0.1, -0.05) is 12.1 Å². The summed E-state index contributed by atoms with van der Waals surface area (Å²) in [6, 6.07) is 13.7. The molecule has 0 fully saturated rings. The minimum Gasteiger partial charge on any atom is -0.497 e. The van der Waals surface area contributed by atoms with Crippen molar-refractivity contribution in [1.29, 1.82) is 0 Å². The number of ether oxygens (including phenoxy) is 2. The summed E-state index contributed by atoms with van der Waals surface area (Å²) < 4.78 is 10.7. The maximum atomic E-state index is 6.13. The first-order valence-electron chi connectivity index (χ1n) is 6.88. The van der Waals surface area contributed by atoms with E-state index in [2.05, 4.69) is 4.90 Å². The Hall–Kier alpha value is -2.20. The first kappa shape index (κ1) is 15.2. The summed E-state index contributed by atoms with van der Waals surface area (Å²) >= 11 is 0. The fourth-order valence-corrected chi connectivity index (χ4v) is 2.42. The molecule has 21 heavy (non-hydrogen) atoms. The van der Waals surface area contributed by atoms with E-state index in [0.29, 0.717) is 0 Å². The van der Waals surface area contributed by atoms with Gasteiger partial charge in [-0.15, -0.1) is 0 Å². The summed E-state index contributed by atoms with van der Waals surface area (Å²) in [4.78, 5) is 2.09. The molecule has 0 aromatic heterocycles. The Labute approximate surface area is 126 Å². The van der Waals surface area contributed by atoms with Crippen LogP contribution in [0.2, 0.25) is 0 Å². The zero-order chi connectivity index (χ0) is 15.4. The van der Waals surface area contributed by atoms with Crippen molar-refractivity contribution in [3.63, 3.8) is 0 Å². The zero-order valence-corrected chi connectivity index (χ0v) is 13.0. The molecular formula is C17H22N2O2. The second-order valence-corrected chi connectivity index (χ2v) is 4.94. The third-order valence-corrected chi connectivity index (χ3v) is 3.52. The lowest BCUT2D eigenvalue weighted by molar-refractivity contribution is 0.407. The van der Waals surface area contributed by atoms with Gasteiger partial charge in [0.05, 0.1) is 14.2 Å². The van der Waals surface area contributed by atoms with E-state index in [-0.39, 0.29) is 6.04 Å². The molecular weight excluding hydrogens is 264 g/mol. The molecule has 0 bridgehead atoms. The predicted molar refractivity (Wildman–Crippen MR) is 86.7 cm³/mol. The van der Waals surface area contributed by atoms with Gasteiger partial charge in [0.1, 0.15) is 11.5 Å². The highest BCUT2D eigenvalue weighted by Crippen LogP contribution is 2.36. The fraction of sp³-hybridized carbons (Fsp3) is 0.294. The van der Waals surface area contributed by atoms with E-state index in [1.807, 2.05) is 56.4 Å². The van der Waals surface area contributed by atoms with E-state index in [1.165, 1.54) is 0 Å². The van der Waals surface area contributed by atoms with Crippen LogP contribution in [0, 0.1) is 0 Å². The second-order valence-electron chi connectivity index (χ2n) is 4.94. The van der Waals surface area contributed by atoms with Crippen LogP contribution >= 0.6 is 0 Å². The highest BCUT2D eigenvalue weighted by atomic mass is 16.5. The molecule has 2 N–H and O–H groups in total. The molecule has 0 radical (unpaired) electrons. The summed E-state index contributed by atoms with van der Waals surface area (Å²) in [5, 5.41) is 0. The molecule has 0 aliphatic heterocycles. The Morgan fingerprint density at radius 3 is 2.38 bits per heavy atom. The van der Waals surface area contributed by atoms with Crippen LogP contribution in [0.15, 0.2) is 42.5 Å². The lowest BCUT2D eigenvalue weighted by atomic mass is 10.0. The highest BCUT2D eigenvalue weighted by molar-refractivity contribution is 5.70. The largest absolute Gasteiger partial charge is 0.497 e. The van der Waals surface area contributed by atoms with Gasteiger partial charge in [0, 0.05) is 36.1 Å². The molecule has 0 saturated carbocycles. The molecule has 1 unspecified atom stereocenters. The van der Waals surface area contributed by atoms with Crippen LogP contribution in [0.3, 0.4) is 0 Å². The normalized spacial score (nSPS) is 11.9. The number of hydrogen-bond acceptors (Lipinski definition) is 4. The van der Waals surface area contributed by atoms with Gasteiger partial charge in [-0.2, -0.15) is 0 Å². The summed E-state index contributed by atoms with van der Waals surface area (Å²) in [7, 11) is 5.34. The molecule has 2 aromatic carbocycles. The van der Waals surface area contributed by atoms with Crippen molar-refractivity contribution in [2.45, 2.75) is 13.0 Å². The smallest absolute Gasteiger partial charge is 0.125 e. The van der Waals surface area contributed by atoms with Crippen LogP contribution in [-0.2, 0) is 0 Å². The topological polar surface area (TPSA) is 47.7 Å². The van der Waals surface area contributed by atoms with E-state index in [1.54, 1.807) is 14.2 Å². The molecule has 4 heteroatoms.